The lowest BCUT2D eigenvalue weighted by molar-refractivity contribution is -0.159. The van der Waals surface area contributed by atoms with Crippen molar-refractivity contribution in [2.75, 3.05) is 66.8 Å². The number of ketones is 2. The zero-order valence-electron chi connectivity index (χ0n) is 21.6. The predicted octanol–water partition coefficient (Wildman–Crippen LogP) is 2.57. The average Bonchev–Trinajstić information content (AvgIpc) is 2.93. The maximum Gasteiger partial charge on any atom is 0.530 e. The first-order valence-electron chi connectivity index (χ1n) is 13.1. The van der Waals surface area contributed by atoms with E-state index in [1.807, 2.05) is 6.07 Å². The molecule has 2 atom stereocenters. The fraction of sp³-hybridized carbons (Fsp3) is 0.692. The Bertz CT molecular complexity index is 967. The average molecular weight is 537 g/mol. The summed E-state index contributed by atoms with van der Waals surface area (Å²) in [6.07, 6.45) is 3.21. The summed E-state index contributed by atoms with van der Waals surface area (Å²) in [5.74, 6) is 0.264. The van der Waals surface area contributed by atoms with Crippen LogP contribution >= 0.6 is 7.82 Å². The molecule has 0 N–H and O–H groups in total. The minimum atomic E-state index is -4.27. The van der Waals surface area contributed by atoms with Crippen molar-refractivity contribution < 1.29 is 37.2 Å². The van der Waals surface area contributed by atoms with Gasteiger partial charge in [-0.3, -0.25) is 28.4 Å². The summed E-state index contributed by atoms with van der Waals surface area (Å²) in [4.78, 5) is 30.9. The molecule has 7 rings (SSSR count). The standard InChI is InChI=1S/C26H37N2O8P/c1-32-16-25(23(29)20-8-12-27(25)13-9-20)18-34-37(31,36-22-6-4-3-5-7-22)35-19-26(17-33-2)24(30)21-10-14-28(26)15-11-21/h3-7,20-21H,8-19H2,1-2H3/t25-,26-/m1/s1. The molecule has 6 fully saturated rings. The number of piperidine rings is 6. The number of fused-ring (bicyclic) bond motifs is 6. The smallest absolute Gasteiger partial charge is 0.404 e. The van der Waals surface area contributed by atoms with Gasteiger partial charge in [0, 0.05) is 26.1 Å². The second-order valence-electron chi connectivity index (χ2n) is 10.6. The molecule has 11 heteroatoms. The van der Waals surface area contributed by atoms with Crippen molar-refractivity contribution in [3.63, 3.8) is 0 Å². The van der Waals surface area contributed by atoms with Crippen molar-refractivity contribution in [3.8, 4) is 5.75 Å². The quantitative estimate of drug-likeness (QED) is 0.370. The molecule has 1 aromatic carbocycles. The molecule has 1 aromatic rings. The van der Waals surface area contributed by atoms with Crippen LogP contribution < -0.4 is 4.52 Å². The zero-order chi connectivity index (χ0) is 26.1. The third-order valence-electron chi connectivity index (χ3n) is 8.51. The van der Waals surface area contributed by atoms with Gasteiger partial charge in [0.25, 0.3) is 0 Å². The minimum absolute atomic E-state index is 0.0415. The van der Waals surface area contributed by atoms with Crippen LogP contribution in [0.1, 0.15) is 25.7 Å². The van der Waals surface area contributed by atoms with E-state index in [2.05, 4.69) is 9.80 Å². The Labute approximate surface area is 218 Å². The van der Waals surface area contributed by atoms with Gasteiger partial charge < -0.3 is 14.0 Å². The first kappa shape index (κ1) is 26.9. The van der Waals surface area contributed by atoms with Gasteiger partial charge in [0.05, 0.1) is 26.4 Å². The summed E-state index contributed by atoms with van der Waals surface area (Å²) in [6.45, 7) is 2.83. The number of phosphoric ester groups is 1. The molecular weight excluding hydrogens is 499 g/mol. The van der Waals surface area contributed by atoms with Crippen molar-refractivity contribution >= 4 is 19.4 Å². The largest absolute Gasteiger partial charge is 0.530 e. The molecule has 0 aromatic heterocycles. The number of nitrogens with zero attached hydrogens (tertiary/aromatic N) is 2. The van der Waals surface area contributed by atoms with E-state index in [1.165, 1.54) is 0 Å². The highest BCUT2D eigenvalue weighted by Gasteiger charge is 2.57. The van der Waals surface area contributed by atoms with Crippen LogP contribution in [-0.4, -0.2) is 99.3 Å². The van der Waals surface area contributed by atoms with Crippen LogP contribution in [0, 0.1) is 11.8 Å². The van der Waals surface area contributed by atoms with E-state index in [9.17, 15) is 14.2 Å². The summed E-state index contributed by atoms with van der Waals surface area (Å²) < 4.78 is 42.9. The van der Waals surface area contributed by atoms with Gasteiger partial charge in [0.15, 0.2) is 11.6 Å². The number of Topliss-reactive ketones (excluding diaryl/α,β-unsaturated/α-hetero) is 2. The summed E-state index contributed by atoms with van der Waals surface area (Å²) >= 11 is 0. The van der Waals surface area contributed by atoms with Gasteiger partial charge in [-0.2, -0.15) is 0 Å². The molecular formula is C26H37N2O8P. The van der Waals surface area contributed by atoms with Gasteiger partial charge in [-0.1, -0.05) is 18.2 Å². The molecule has 0 radical (unpaired) electrons. The molecule has 0 spiro atoms. The number of rotatable bonds is 12. The lowest BCUT2D eigenvalue weighted by Crippen LogP contribution is -2.69. The second kappa shape index (κ2) is 10.8. The van der Waals surface area contributed by atoms with Crippen LogP contribution in [0.3, 0.4) is 0 Å². The van der Waals surface area contributed by atoms with Gasteiger partial charge in [-0.25, -0.2) is 4.57 Å². The number of carbonyl (C=O) groups is 2. The Morgan fingerprint density at radius 2 is 1.19 bits per heavy atom. The van der Waals surface area contributed by atoms with E-state index in [0.717, 1.165) is 51.9 Å². The summed E-state index contributed by atoms with van der Waals surface area (Å²) in [5, 5.41) is 0. The molecule has 6 heterocycles. The van der Waals surface area contributed by atoms with Gasteiger partial charge in [-0.05, 0) is 64.0 Å². The van der Waals surface area contributed by atoms with Gasteiger partial charge in [-0.15, -0.1) is 0 Å². The first-order chi connectivity index (χ1) is 17.9. The first-order valence-corrected chi connectivity index (χ1v) is 14.5. The van der Waals surface area contributed by atoms with Crippen molar-refractivity contribution in [2.45, 2.75) is 36.8 Å². The lowest BCUT2D eigenvalue weighted by atomic mass is 9.74. The number of carbonyl (C=O) groups excluding carboxylic acids is 2. The molecule has 10 nitrogen and oxygen atoms in total. The number of methoxy groups -OCH3 is 2. The number of hydrogen-bond donors (Lipinski definition) is 0. The Balaban J connectivity index is 1.40. The monoisotopic (exact) mass is 536 g/mol. The van der Waals surface area contributed by atoms with Crippen molar-refractivity contribution in [3.05, 3.63) is 30.3 Å². The minimum Gasteiger partial charge on any atom is -0.404 e. The fourth-order valence-electron chi connectivity index (χ4n) is 6.49. The Hall–Kier alpha value is -1.65. The Morgan fingerprint density at radius 3 is 1.57 bits per heavy atom. The number of ether oxygens (including phenoxy) is 2. The maximum absolute atomic E-state index is 14.2. The highest BCUT2D eigenvalue weighted by molar-refractivity contribution is 7.48. The number of benzene rings is 1. The van der Waals surface area contributed by atoms with Gasteiger partial charge in [0.1, 0.15) is 16.8 Å². The second-order valence-corrected chi connectivity index (χ2v) is 12.2. The van der Waals surface area contributed by atoms with E-state index in [4.69, 9.17) is 23.0 Å². The zero-order valence-corrected chi connectivity index (χ0v) is 22.5. The van der Waals surface area contributed by atoms with Crippen LogP contribution in [0.2, 0.25) is 0 Å². The van der Waals surface area contributed by atoms with E-state index in [0.29, 0.717) is 5.75 Å². The molecule has 37 heavy (non-hydrogen) atoms. The highest BCUT2D eigenvalue weighted by Crippen LogP contribution is 2.53. The molecule has 0 aliphatic carbocycles. The van der Waals surface area contributed by atoms with Crippen LogP contribution in [-0.2, 0) is 32.7 Å². The van der Waals surface area contributed by atoms with Crippen LogP contribution in [0.15, 0.2) is 30.3 Å². The summed E-state index contributed by atoms with van der Waals surface area (Å²) in [5.41, 5.74) is -2.11. The number of hydrogen-bond acceptors (Lipinski definition) is 10. The van der Waals surface area contributed by atoms with E-state index < -0.39 is 18.9 Å². The molecule has 6 aliphatic heterocycles. The molecule has 204 valence electrons. The predicted molar refractivity (Wildman–Crippen MR) is 134 cm³/mol. The lowest BCUT2D eigenvalue weighted by Gasteiger charge is -2.52. The number of phosphoric acid groups is 1. The van der Waals surface area contributed by atoms with Crippen LogP contribution in [0.4, 0.5) is 0 Å². The van der Waals surface area contributed by atoms with Crippen LogP contribution in [0.25, 0.3) is 0 Å². The van der Waals surface area contributed by atoms with Gasteiger partial charge in [0.2, 0.25) is 0 Å². The summed E-state index contributed by atoms with van der Waals surface area (Å²) in [7, 11) is -1.19. The van der Waals surface area contributed by atoms with Crippen molar-refractivity contribution in [1.29, 1.82) is 0 Å². The Kier molecular flexibility index (Phi) is 7.90. The SMILES string of the molecule is COC[C@@]1(COP(=O)(OC[C@]2(COC)C(=O)C3CCN2CC3)Oc2ccccc2)C(=O)C2CCN1CC2. The van der Waals surface area contributed by atoms with Gasteiger partial charge >= 0.3 is 7.82 Å². The van der Waals surface area contributed by atoms with Crippen molar-refractivity contribution in [1.82, 2.24) is 9.80 Å². The van der Waals surface area contributed by atoms with E-state index >= 15 is 0 Å². The van der Waals surface area contributed by atoms with Crippen LogP contribution in [0.5, 0.6) is 5.75 Å². The molecule has 6 aliphatic rings. The third-order valence-corrected chi connectivity index (χ3v) is 9.83. The normalized spacial score (nSPS) is 36.5. The maximum atomic E-state index is 14.2. The Morgan fingerprint density at radius 1 is 0.757 bits per heavy atom. The molecule has 0 unspecified atom stereocenters. The molecule has 6 saturated heterocycles. The number of para-hydroxylation sites is 1. The molecule has 0 saturated carbocycles. The van der Waals surface area contributed by atoms with E-state index in [-0.39, 0.29) is 49.8 Å². The fourth-order valence-corrected chi connectivity index (χ4v) is 7.80. The summed E-state index contributed by atoms with van der Waals surface area (Å²) in [6, 6.07) is 8.63. The highest BCUT2D eigenvalue weighted by atomic mass is 31.2. The van der Waals surface area contributed by atoms with E-state index in [1.54, 1.807) is 38.5 Å². The molecule has 0 amide bonds. The van der Waals surface area contributed by atoms with Crippen molar-refractivity contribution in [2.24, 2.45) is 11.8 Å². The molecule has 4 bridgehead atoms. The topological polar surface area (TPSA) is 104 Å². The third kappa shape index (κ3) is 4.93.